The highest BCUT2D eigenvalue weighted by Gasteiger charge is 2.35. The van der Waals surface area contributed by atoms with Crippen LogP contribution in [0.2, 0.25) is 0 Å². The number of hydrogen-bond acceptors (Lipinski definition) is 4. The van der Waals surface area contributed by atoms with Crippen LogP contribution in [0.4, 0.5) is 4.39 Å². The zero-order valence-corrected chi connectivity index (χ0v) is 12.6. The summed E-state index contributed by atoms with van der Waals surface area (Å²) < 4.78 is 24.1. The lowest BCUT2D eigenvalue weighted by Crippen LogP contribution is -2.21. The van der Waals surface area contributed by atoms with Crippen molar-refractivity contribution in [2.75, 3.05) is 7.11 Å². The van der Waals surface area contributed by atoms with Crippen molar-refractivity contribution in [2.45, 2.75) is 6.04 Å². The number of amides is 1. The molecular formula is C18H12FNO4. The quantitative estimate of drug-likeness (QED) is 0.787. The lowest BCUT2D eigenvalue weighted by Gasteiger charge is -2.12. The third kappa shape index (κ3) is 2.07. The first-order valence-electron chi connectivity index (χ1n) is 7.29. The maximum Gasteiger partial charge on any atom is 0.288 e. The summed E-state index contributed by atoms with van der Waals surface area (Å²) in [5, 5.41) is 2.85. The predicted octanol–water partition coefficient (Wildman–Crippen LogP) is 2.77. The van der Waals surface area contributed by atoms with Crippen molar-refractivity contribution in [1.82, 2.24) is 5.32 Å². The summed E-state index contributed by atoms with van der Waals surface area (Å²) >= 11 is 0. The predicted molar refractivity (Wildman–Crippen MR) is 84.7 cm³/mol. The SMILES string of the molecule is COc1ccc(C2NC(=O)c3oc4ccc(F)cc4c(=O)c32)cc1. The number of benzene rings is 2. The maximum absolute atomic E-state index is 13.5. The van der Waals surface area contributed by atoms with Crippen LogP contribution in [0.5, 0.6) is 5.75 Å². The minimum atomic E-state index is -0.637. The van der Waals surface area contributed by atoms with Gasteiger partial charge in [0.25, 0.3) is 5.91 Å². The van der Waals surface area contributed by atoms with E-state index in [0.717, 1.165) is 6.07 Å². The van der Waals surface area contributed by atoms with Crippen molar-refractivity contribution in [3.63, 3.8) is 0 Å². The molecule has 0 saturated carbocycles. The smallest absolute Gasteiger partial charge is 0.288 e. The Morgan fingerprint density at radius 3 is 2.58 bits per heavy atom. The van der Waals surface area contributed by atoms with Crippen molar-refractivity contribution in [2.24, 2.45) is 0 Å². The monoisotopic (exact) mass is 325 g/mol. The minimum absolute atomic E-state index is 0.0278. The third-order valence-electron chi connectivity index (χ3n) is 4.11. The second-order valence-electron chi connectivity index (χ2n) is 5.49. The standard InChI is InChI=1S/C18H12FNO4/c1-23-11-5-2-9(3-6-11)15-14-16(21)12-8-10(19)4-7-13(12)24-17(14)18(22)20-15/h2-8,15H,1H3,(H,20,22). The lowest BCUT2D eigenvalue weighted by molar-refractivity contribution is 0.0938. The Kier molecular flexibility index (Phi) is 3.13. The number of carbonyl (C=O) groups is 1. The van der Waals surface area contributed by atoms with E-state index in [1.165, 1.54) is 12.1 Å². The average molecular weight is 325 g/mol. The minimum Gasteiger partial charge on any atom is -0.497 e. The normalized spacial score (nSPS) is 16.1. The molecule has 1 aromatic heterocycles. The van der Waals surface area contributed by atoms with Crippen LogP contribution >= 0.6 is 0 Å². The van der Waals surface area contributed by atoms with E-state index >= 15 is 0 Å². The number of methoxy groups -OCH3 is 1. The molecule has 0 radical (unpaired) electrons. The van der Waals surface area contributed by atoms with Crippen LogP contribution in [0.25, 0.3) is 11.0 Å². The molecule has 0 saturated heterocycles. The summed E-state index contributed by atoms with van der Waals surface area (Å²) in [7, 11) is 1.55. The van der Waals surface area contributed by atoms with Crippen LogP contribution in [0.3, 0.4) is 0 Å². The molecular weight excluding hydrogens is 313 g/mol. The van der Waals surface area contributed by atoms with Crippen molar-refractivity contribution < 1.29 is 18.3 Å². The molecule has 1 atom stereocenters. The topological polar surface area (TPSA) is 68.5 Å². The van der Waals surface area contributed by atoms with Gasteiger partial charge in [-0.1, -0.05) is 12.1 Å². The average Bonchev–Trinajstić information content (AvgIpc) is 2.93. The molecule has 0 bridgehead atoms. The Labute approximate surface area is 135 Å². The van der Waals surface area contributed by atoms with E-state index < -0.39 is 23.2 Å². The van der Waals surface area contributed by atoms with Gasteiger partial charge < -0.3 is 14.5 Å². The van der Waals surface area contributed by atoms with Gasteiger partial charge in [-0.15, -0.1) is 0 Å². The van der Waals surface area contributed by atoms with Crippen LogP contribution in [-0.2, 0) is 0 Å². The van der Waals surface area contributed by atoms with E-state index in [1.807, 2.05) is 0 Å². The Morgan fingerprint density at radius 1 is 1.12 bits per heavy atom. The van der Waals surface area contributed by atoms with E-state index in [2.05, 4.69) is 5.32 Å². The molecule has 1 unspecified atom stereocenters. The molecule has 24 heavy (non-hydrogen) atoms. The van der Waals surface area contributed by atoms with Gasteiger partial charge in [0.15, 0.2) is 5.43 Å². The number of fused-ring (bicyclic) bond motifs is 2. The third-order valence-corrected chi connectivity index (χ3v) is 4.11. The van der Waals surface area contributed by atoms with Gasteiger partial charge in [0.2, 0.25) is 5.76 Å². The zero-order valence-electron chi connectivity index (χ0n) is 12.6. The van der Waals surface area contributed by atoms with Crippen LogP contribution in [-0.4, -0.2) is 13.0 Å². The van der Waals surface area contributed by atoms with Crippen molar-refractivity contribution in [1.29, 1.82) is 0 Å². The number of ether oxygens (including phenoxy) is 1. The Bertz CT molecular complexity index is 1020. The summed E-state index contributed by atoms with van der Waals surface area (Å²) in [6.45, 7) is 0. The highest BCUT2D eigenvalue weighted by Crippen LogP contribution is 2.31. The van der Waals surface area contributed by atoms with Gasteiger partial charge in [-0.3, -0.25) is 9.59 Å². The molecule has 1 aliphatic rings. The molecule has 1 N–H and O–H groups in total. The summed E-state index contributed by atoms with van der Waals surface area (Å²) in [6.07, 6.45) is 0. The fraction of sp³-hybridized carbons (Fsp3) is 0.111. The Hall–Kier alpha value is -3.15. The molecule has 2 heterocycles. The van der Waals surface area contributed by atoms with Crippen molar-refractivity contribution >= 4 is 16.9 Å². The first-order chi connectivity index (χ1) is 11.6. The zero-order chi connectivity index (χ0) is 16.8. The number of hydrogen-bond donors (Lipinski definition) is 1. The lowest BCUT2D eigenvalue weighted by atomic mass is 9.99. The van der Waals surface area contributed by atoms with Gasteiger partial charge in [0.05, 0.1) is 24.1 Å². The van der Waals surface area contributed by atoms with Gasteiger partial charge >= 0.3 is 0 Å². The molecule has 120 valence electrons. The molecule has 0 fully saturated rings. The summed E-state index contributed by atoms with van der Waals surface area (Å²) in [5.74, 6) is -0.363. The number of nitrogens with one attached hydrogen (secondary N) is 1. The molecule has 1 amide bonds. The largest absolute Gasteiger partial charge is 0.497 e. The number of rotatable bonds is 2. The second kappa shape index (κ2) is 5.19. The van der Waals surface area contributed by atoms with Crippen molar-refractivity contribution in [3.05, 3.63) is 75.4 Å². The summed E-state index contributed by atoms with van der Waals surface area (Å²) in [5.41, 5.74) is 0.685. The van der Waals surface area contributed by atoms with Crippen molar-refractivity contribution in [3.8, 4) is 5.75 Å². The molecule has 4 rings (SSSR count). The van der Waals surface area contributed by atoms with E-state index in [4.69, 9.17) is 9.15 Å². The molecule has 5 nitrogen and oxygen atoms in total. The highest BCUT2D eigenvalue weighted by atomic mass is 19.1. The first-order valence-corrected chi connectivity index (χ1v) is 7.29. The summed E-state index contributed by atoms with van der Waals surface area (Å²) in [4.78, 5) is 25.0. The Morgan fingerprint density at radius 2 is 1.88 bits per heavy atom. The molecule has 1 aliphatic heterocycles. The summed E-state index contributed by atoms with van der Waals surface area (Å²) in [6, 6.07) is 10.0. The molecule has 0 aliphatic carbocycles. The van der Waals surface area contributed by atoms with Gasteiger partial charge in [-0.05, 0) is 35.9 Å². The second-order valence-corrected chi connectivity index (χ2v) is 5.49. The van der Waals surface area contributed by atoms with Crippen LogP contribution in [0, 0.1) is 5.82 Å². The Balaban J connectivity index is 1.93. The van der Waals surface area contributed by atoms with E-state index in [0.29, 0.717) is 11.3 Å². The number of carbonyl (C=O) groups excluding carboxylic acids is 1. The van der Waals surface area contributed by atoms with Gasteiger partial charge in [-0.2, -0.15) is 0 Å². The molecule has 6 heteroatoms. The fourth-order valence-electron chi connectivity index (χ4n) is 2.93. The van der Waals surface area contributed by atoms with E-state index in [1.54, 1.807) is 31.4 Å². The highest BCUT2D eigenvalue weighted by molar-refractivity contribution is 5.98. The van der Waals surface area contributed by atoms with Gasteiger partial charge in [0.1, 0.15) is 17.1 Å². The molecule has 0 spiro atoms. The van der Waals surface area contributed by atoms with E-state index in [9.17, 15) is 14.0 Å². The van der Waals surface area contributed by atoms with Crippen LogP contribution in [0.15, 0.2) is 51.7 Å². The molecule has 3 aromatic rings. The van der Waals surface area contributed by atoms with Crippen LogP contribution < -0.4 is 15.5 Å². The first kappa shape index (κ1) is 14.4. The van der Waals surface area contributed by atoms with Gasteiger partial charge in [0, 0.05) is 0 Å². The van der Waals surface area contributed by atoms with Gasteiger partial charge in [-0.25, -0.2) is 4.39 Å². The van der Waals surface area contributed by atoms with E-state index in [-0.39, 0.29) is 22.3 Å². The number of halogens is 1. The fourth-order valence-corrected chi connectivity index (χ4v) is 2.93. The van der Waals surface area contributed by atoms with Crippen LogP contribution in [0.1, 0.15) is 27.7 Å². The maximum atomic E-state index is 13.5. The molecule has 2 aromatic carbocycles.